The van der Waals surface area contributed by atoms with Gasteiger partial charge in [0, 0.05) is 26.1 Å². The number of likely N-dealkylation sites (N-methyl/N-ethyl adjacent to an activating group) is 1. The number of nitrogens with one attached hydrogen (secondary N) is 1. The molecule has 2 aromatic rings. The summed E-state index contributed by atoms with van der Waals surface area (Å²) in [6.07, 6.45) is -0.00230. The van der Waals surface area contributed by atoms with Gasteiger partial charge in [0.05, 0.1) is 24.8 Å². The Kier molecular flexibility index (Phi) is 9.00. The molecule has 0 aliphatic heterocycles. The number of methoxy groups -OCH3 is 1. The normalized spacial score (nSPS) is 14.1. The largest absolute Gasteiger partial charge is 0.375 e. The lowest BCUT2D eigenvalue weighted by Crippen LogP contribution is -2.39. The highest BCUT2D eigenvalue weighted by atomic mass is 32.1. The summed E-state index contributed by atoms with van der Waals surface area (Å²) in [5, 5.41) is 6.38. The number of nitrogens with zero attached hydrogens (tertiary/aromatic N) is 4. The third-order valence-corrected chi connectivity index (χ3v) is 5.71. The zero-order valence-electron chi connectivity index (χ0n) is 18.1. The van der Waals surface area contributed by atoms with E-state index in [1.54, 1.807) is 18.4 Å². The van der Waals surface area contributed by atoms with Crippen LogP contribution in [-0.4, -0.2) is 62.1 Å². The van der Waals surface area contributed by atoms with Crippen molar-refractivity contribution in [3.05, 3.63) is 51.7 Å². The van der Waals surface area contributed by atoms with Crippen molar-refractivity contribution in [1.82, 2.24) is 20.1 Å². The Morgan fingerprint density at radius 1 is 1.28 bits per heavy atom. The fourth-order valence-electron chi connectivity index (χ4n) is 2.90. The lowest BCUT2D eigenvalue weighted by atomic mass is 10.1. The SMILES string of the molecule is CCNC(=NCC(c1ccc(F)cc1)N(C)C)N(C)Cc1csc(C(C)OC)n1. The summed E-state index contributed by atoms with van der Waals surface area (Å²) < 4.78 is 18.6. The van der Waals surface area contributed by atoms with Crippen LogP contribution in [0.5, 0.6) is 0 Å². The monoisotopic (exact) mass is 421 g/mol. The first-order valence-corrected chi connectivity index (χ1v) is 10.6. The van der Waals surface area contributed by atoms with E-state index in [1.807, 2.05) is 47.1 Å². The van der Waals surface area contributed by atoms with Crippen LogP contribution < -0.4 is 5.32 Å². The van der Waals surface area contributed by atoms with Gasteiger partial charge in [0.15, 0.2) is 5.96 Å². The van der Waals surface area contributed by atoms with Crippen LogP contribution in [0.2, 0.25) is 0 Å². The molecule has 1 N–H and O–H groups in total. The molecule has 1 aromatic carbocycles. The number of thiazole rings is 1. The standard InChI is InChI=1S/C21H32FN5OS/c1-7-23-21(27(5)13-18-14-29-20(25-18)15(2)28-6)24-12-19(26(3)4)16-8-10-17(22)11-9-16/h8-11,14-15,19H,7,12-13H2,1-6H3,(H,23,24). The number of hydrogen-bond acceptors (Lipinski definition) is 5. The van der Waals surface area contributed by atoms with Gasteiger partial charge in [-0.05, 0) is 45.6 Å². The van der Waals surface area contributed by atoms with Crippen LogP contribution in [0, 0.1) is 5.82 Å². The van der Waals surface area contributed by atoms with E-state index >= 15 is 0 Å². The van der Waals surface area contributed by atoms with Gasteiger partial charge in [-0.3, -0.25) is 4.99 Å². The van der Waals surface area contributed by atoms with E-state index in [1.165, 1.54) is 12.1 Å². The summed E-state index contributed by atoms with van der Waals surface area (Å²) in [4.78, 5) is 13.7. The topological polar surface area (TPSA) is 53.0 Å². The quantitative estimate of drug-likeness (QED) is 0.494. The number of aromatic nitrogens is 1. The highest BCUT2D eigenvalue weighted by molar-refractivity contribution is 7.09. The molecule has 29 heavy (non-hydrogen) atoms. The molecule has 1 heterocycles. The molecule has 6 nitrogen and oxygen atoms in total. The molecular formula is C21H32FN5OS. The Morgan fingerprint density at radius 2 is 1.97 bits per heavy atom. The number of hydrogen-bond donors (Lipinski definition) is 1. The summed E-state index contributed by atoms with van der Waals surface area (Å²) in [6.45, 7) is 6.04. The molecule has 2 unspecified atom stereocenters. The maximum absolute atomic E-state index is 13.3. The van der Waals surface area contributed by atoms with Gasteiger partial charge < -0.3 is 19.9 Å². The number of benzene rings is 1. The average molecular weight is 422 g/mol. The first-order chi connectivity index (χ1) is 13.8. The molecule has 2 rings (SSSR count). The van der Waals surface area contributed by atoms with Crippen molar-refractivity contribution in [2.24, 2.45) is 4.99 Å². The van der Waals surface area contributed by atoms with Crippen molar-refractivity contribution in [2.75, 3.05) is 41.3 Å². The second-order valence-corrected chi connectivity index (χ2v) is 8.03. The average Bonchev–Trinajstić information content (AvgIpc) is 3.16. The summed E-state index contributed by atoms with van der Waals surface area (Å²) in [5.41, 5.74) is 2.03. The molecule has 0 spiro atoms. The second-order valence-electron chi connectivity index (χ2n) is 7.14. The van der Waals surface area contributed by atoms with E-state index in [0.717, 1.165) is 28.8 Å². The number of halogens is 1. The highest BCUT2D eigenvalue weighted by Crippen LogP contribution is 2.21. The van der Waals surface area contributed by atoms with Crippen LogP contribution in [-0.2, 0) is 11.3 Å². The molecule has 0 aliphatic rings. The zero-order chi connectivity index (χ0) is 21.4. The van der Waals surface area contributed by atoms with E-state index in [-0.39, 0.29) is 18.0 Å². The summed E-state index contributed by atoms with van der Waals surface area (Å²) in [5.74, 6) is 0.587. The maximum atomic E-state index is 13.3. The van der Waals surface area contributed by atoms with Crippen molar-refractivity contribution >= 4 is 17.3 Å². The van der Waals surface area contributed by atoms with Crippen LogP contribution in [0.15, 0.2) is 34.6 Å². The predicted octanol–water partition coefficient (Wildman–Crippen LogP) is 3.69. The number of rotatable bonds is 9. The molecule has 0 bridgehead atoms. The van der Waals surface area contributed by atoms with E-state index < -0.39 is 0 Å². The Balaban J connectivity index is 2.12. The fourth-order valence-corrected chi connectivity index (χ4v) is 3.74. The van der Waals surface area contributed by atoms with E-state index in [4.69, 9.17) is 9.73 Å². The molecule has 0 amide bonds. The minimum atomic E-state index is -0.228. The van der Waals surface area contributed by atoms with Crippen LogP contribution in [0.1, 0.15) is 42.3 Å². The summed E-state index contributed by atoms with van der Waals surface area (Å²) in [7, 11) is 7.71. The number of ether oxygens (including phenoxy) is 1. The van der Waals surface area contributed by atoms with Gasteiger partial charge in [0.1, 0.15) is 16.9 Å². The van der Waals surface area contributed by atoms with Crippen LogP contribution in [0.3, 0.4) is 0 Å². The Bertz CT molecular complexity index is 778. The van der Waals surface area contributed by atoms with Crippen molar-refractivity contribution in [3.63, 3.8) is 0 Å². The third kappa shape index (κ3) is 6.76. The molecule has 1 aromatic heterocycles. The molecule has 0 aliphatic carbocycles. The second kappa shape index (κ2) is 11.2. The van der Waals surface area contributed by atoms with Crippen molar-refractivity contribution in [3.8, 4) is 0 Å². The zero-order valence-corrected chi connectivity index (χ0v) is 19.0. The van der Waals surface area contributed by atoms with Gasteiger partial charge >= 0.3 is 0 Å². The third-order valence-electron chi connectivity index (χ3n) is 4.66. The number of aliphatic imine (C=N–C) groups is 1. The highest BCUT2D eigenvalue weighted by Gasteiger charge is 2.16. The molecular weight excluding hydrogens is 389 g/mol. The van der Waals surface area contributed by atoms with E-state index in [0.29, 0.717) is 13.1 Å². The van der Waals surface area contributed by atoms with Crippen molar-refractivity contribution < 1.29 is 9.13 Å². The van der Waals surface area contributed by atoms with Crippen LogP contribution in [0.25, 0.3) is 0 Å². The van der Waals surface area contributed by atoms with E-state index in [2.05, 4.69) is 25.5 Å². The van der Waals surface area contributed by atoms with E-state index in [9.17, 15) is 4.39 Å². The molecule has 2 atom stereocenters. The first-order valence-electron chi connectivity index (χ1n) is 9.74. The van der Waals surface area contributed by atoms with Gasteiger partial charge in [-0.1, -0.05) is 12.1 Å². The van der Waals surface area contributed by atoms with Gasteiger partial charge in [0.25, 0.3) is 0 Å². The Morgan fingerprint density at radius 3 is 2.55 bits per heavy atom. The van der Waals surface area contributed by atoms with Gasteiger partial charge in [-0.25, -0.2) is 9.37 Å². The number of guanidine groups is 1. The minimum absolute atomic E-state index is 0.00230. The van der Waals surface area contributed by atoms with Crippen LogP contribution in [0.4, 0.5) is 4.39 Å². The first kappa shape index (κ1) is 23.3. The van der Waals surface area contributed by atoms with Gasteiger partial charge in [-0.15, -0.1) is 11.3 Å². The molecule has 0 fully saturated rings. The predicted molar refractivity (Wildman–Crippen MR) is 118 cm³/mol. The van der Waals surface area contributed by atoms with Crippen molar-refractivity contribution in [2.45, 2.75) is 32.5 Å². The van der Waals surface area contributed by atoms with Gasteiger partial charge in [0.2, 0.25) is 0 Å². The minimum Gasteiger partial charge on any atom is -0.375 e. The Hall–Kier alpha value is -2.03. The molecule has 0 radical (unpaired) electrons. The van der Waals surface area contributed by atoms with Crippen molar-refractivity contribution in [1.29, 1.82) is 0 Å². The van der Waals surface area contributed by atoms with Gasteiger partial charge in [-0.2, -0.15) is 0 Å². The molecule has 0 saturated heterocycles. The Labute approximate surface area is 177 Å². The summed E-state index contributed by atoms with van der Waals surface area (Å²) in [6, 6.07) is 6.69. The summed E-state index contributed by atoms with van der Waals surface area (Å²) >= 11 is 1.61. The molecule has 8 heteroatoms. The molecule has 160 valence electrons. The lowest BCUT2D eigenvalue weighted by Gasteiger charge is -2.26. The maximum Gasteiger partial charge on any atom is 0.194 e. The lowest BCUT2D eigenvalue weighted by molar-refractivity contribution is 0.119. The fraction of sp³-hybridized carbons (Fsp3) is 0.524. The molecule has 0 saturated carbocycles. The smallest absolute Gasteiger partial charge is 0.194 e. The van der Waals surface area contributed by atoms with Crippen LogP contribution >= 0.6 is 11.3 Å².